The van der Waals surface area contributed by atoms with Gasteiger partial charge in [-0.25, -0.2) is 0 Å². The normalized spacial score (nSPS) is 14.6. The van der Waals surface area contributed by atoms with Gasteiger partial charge in [-0.3, -0.25) is 0 Å². The van der Waals surface area contributed by atoms with Crippen molar-refractivity contribution in [2.75, 3.05) is 0 Å². The van der Waals surface area contributed by atoms with E-state index >= 15 is 0 Å². The fourth-order valence-electron chi connectivity index (χ4n) is 11.1. The van der Waals surface area contributed by atoms with Gasteiger partial charge in [0.25, 0.3) is 0 Å². The van der Waals surface area contributed by atoms with Crippen LogP contribution in [0.15, 0.2) is 176 Å². The highest BCUT2D eigenvalue weighted by Crippen LogP contribution is 2.52. The van der Waals surface area contributed by atoms with Gasteiger partial charge in [-0.15, -0.1) is 0 Å². The quantitative estimate of drug-likeness (QED) is 0.157. The lowest BCUT2D eigenvalue weighted by molar-refractivity contribution is 0.661. The van der Waals surface area contributed by atoms with E-state index in [0.29, 0.717) is 0 Å². The van der Waals surface area contributed by atoms with Crippen molar-refractivity contribution in [3.8, 4) is 55.6 Å². The fourth-order valence-corrected chi connectivity index (χ4v) is 11.1. The first-order chi connectivity index (χ1) is 29.0. The molecule has 0 N–H and O–H groups in total. The van der Waals surface area contributed by atoms with Crippen LogP contribution in [0.5, 0.6) is 0 Å². The van der Waals surface area contributed by atoms with Crippen molar-refractivity contribution >= 4 is 54.7 Å². The minimum absolute atomic E-state index is 0.139. The van der Waals surface area contributed by atoms with E-state index < -0.39 is 0 Å². The molecular weight excluding hydrogens is 709 g/mol. The molecule has 10 aromatic carbocycles. The highest BCUT2D eigenvalue weighted by atomic mass is 14.4. The van der Waals surface area contributed by atoms with Gasteiger partial charge in [0.2, 0.25) is 0 Å². The van der Waals surface area contributed by atoms with Crippen LogP contribution in [0.3, 0.4) is 0 Å². The molecule has 0 aromatic heterocycles. The molecule has 0 aliphatic heterocycles. The van der Waals surface area contributed by atoms with Crippen molar-refractivity contribution in [1.29, 1.82) is 0 Å². The van der Waals surface area contributed by atoms with Gasteiger partial charge in [0.1, 0.15) is 0 Å². The molecule has 0 radical (unpaired) electrons. The molecule has 13 rings (SSSR count). The second kappa shape index (κ2) is 12.0. The molecule has 0 amide bonds. The number of benzene rings is 10. The van der Waals surface area contributed by atoms with Crippen LogP contribution in [-0.2, 0) is 11.8 Å². The summed E-state index contributed by atoms with van der Waals surface area (Å²) in [7, 11) is 0. The lowest BCUT2D eigenvalue weighted by atomic mass is 9.78. The van der Waals surface area contributed by atoms with Crippen molar-refractivity contribution in [2.45, 2.75) is 32.1 Å². The summed E-state index contributed by atoms with van der Waals surface area (Å²) in [4.78, 5) is 0. The Labute approximate surface area is 344 Å². The zero-order valence-corrected chi connectivity index (χ0v) is 33.2. The molecule has 0 atom stereocenters. The molecule has 0 bridgehead atoms. The maximum Gasteiger partial charge on any atom is 0.0159 e. The molecule has 0 saturated carbocycles. The van der Waals surface area contributed by atoms with Crippen molar-refractivity contribution < 1.29 is 0 Å². The Hall–Kier alpha value is -7.02. The molecule has 0 fully saturated rings. The van der Waals surface area contributed by atoms with E-state index in [4.69, 9.17) is 0 Å². The van der Waals surface area contributed by atoms with E-state index in [-0.39, 0.29) is 5.41 Å². The smallest absolute Gasteiger partial charge is 0.0159 e. The van der Waals surface area contributed by atoms with Gasteiger partial charge < -0.3 is 0 Å². The van der Waals surface area contributed by atoms with Crippen LogP contribution in [0, 0.1) is 0 Å². The summed E-state index contributed by atoms with van der Waals surface area (Å²) >= 11 is 0. The number of hydrogen-bond donors (Lipinski definition) is 0. The van der Waals surface area contributed by atoms with Crippen molar-refractivity contribution in [3.63, 3.8) is 0 Å². The molecule has 0 spiro atoms. The Morgan fingerprint density at radius 1 is 0.407 bits per heavy atom. The van der Waals surface area contributed by atoms with Crippen LogP contribution in [0.25, 0.3) is 110 Å². The molecule has 0 heteroatoms. The fraction of sp³-hybridized carbons (Fsp3) is 0.0847. The molecule has 59 heavy (non-hydrogen) atoms. The zero-order valence-electron chi connectivity index (χ0n) is 33.2. The summed E-state index contributed by atoms with van der Waals surface area (Å²) in [5, 5.41) is 10.7. The summed E-state index contributed by atoms with van der Waals surface area (Å²) in [6, 6.07) is 62.3. The first-order valence-electron chi connectivity index (χ1n) is 21.1. The second-order valence-corrected chi connectivity index (χ2v) is 17.5. The minimum Gasteiger partial charge on any atom is -0.0795 e. The Bertz CT molecular complexity index is 3500. The van der Waals surface area contributed by atoms with E-state index in [0.717, 1.165) is 12.8 Å². The summed E-state index contributed by atoms with van der Waals surface area (Å²) in [6.07, 6.45) is 9.11. The third kappa shape index (κ3) is 4.66. The largest absolute Gasteiger partial charge is 0.0795 e. The topological polar surface area (TPSA) is 0 Å². The Morgan fingerprint density at radius 2 is 0.949 bits per heavy atom. The Balaban J connectivity index is 0.891. The van der Waals surface area contributed by atoms with Gasteiger partial charge in [0.05, 0.1) is 0 Å². The standard InChI is InChI=1S/C59H40/c1-59(2)53-33-42(22-27-48(53)49-28-23-44(34-54(49)59)47-26-17-38-15-14-36-10-6-11-37-19-29-51(47)56(38)55(36)37)41-12-7-13-43(32-41)46-25-18-40-20-30-50-45(35-8-4-3-5-9-35)24-16-39-21-31-52(46)58(40)57(39)50/h3-9,11-14,16-34H,10,15H2,1-2H3. The Kier molecular flexibility index (Phi) is 6.72. The first-order valence-corrected chi connectivity index (χ1v) is 21.1. The van der Waals surface area contributed by atoms with E-state index in [1.807, 2.05) is 0 Å². The molecule has 0 heterocycles. The number of hydrogen-bond acceptors (Lipinski definition) is 0. The van der Waals surface area contributed by atoms with Gasteiger partial charge >= 0.3 is 0 Å². The van der Waals surface area contributed by atoms with Crippen LogP contribution in [0.4, 0.5) is 0 Å². The third-order valence-corrected chi connectivity index (χ3v) is 14.1. The highest BCUT2D eigenvalue weighted by Gasteiger charge is 2.36. The van der Waals surface area contributed by atoms with Gasteiger partial charge in [0.15, 0.2) is 0 Å². The van der Waals surface area contributed by atoms with Gasteiger partial charge in [-0.1, -0.05) is 178 Å². The lowest BCUT2D eigenvalue weighted by Crippen LogP contribution is -2.15. The summed E-state index contributed by atoms with van der Waals surface area (Å²) in [5.74, 6) is 0. The van der Waals surface area contributed by atoms with E-state index in [1.54, 1.807) is 0 Å². The Morgan fingerprint density at radius 3 is 1.69 bits per heavy atom. The van der Waals surface area contributed by atoms with Crippen LogP contribution in [0.1, 0.15) is 48.1 Å². The van der Waals surface area contributed by atoms with E-state index in [2.05, 4.69) is 196 Å². The van der Waals surface area contributed by atoms with Crippen LogP contribution in [0.2, 0.25) is 0 Å². The predicted octanol–water partition coefficient (Wildman–Crippen LogP) is 16.1. The van der Waals surface area contributed by atoms with Crippen LogP contribution < -0.4 is 0 Å². The maximum atomic E-state index is 2.49. The third-order valence-electron chi connectivity index (χ3n) is 14.1. The van der Waals surface area contributed by atoms with Crippen LogP contribution >= 0.6 is 0 Å². The van der Waals surface area contributed by atoms with E-state index in [1.165, 1.54) is 132 Å². The molecule has 3 aliphatic carbocycles. The molecular formula is C59H40. The van der Waals surface area contributed by atoms with Crippen molar-refractivity contribution in [1.82, 2.24) is 0 Å². The number of fused-ring (bicyclic) bond motifs is 3. The van der Waals surface area contributed by atoms with Gasteiger partial charge in [0, 0.05) is 5.41 Å². The second-order valence-electron chi connectivity index (χ2n) is 17.5. The monoisotopic (exact) mass is 748 g/mol. The average molecular weight is 749 g/mol. The molecule has 0 nitrogen and oxygen atoms in total. The summed E-state index contributed by atoms with van der Waals surface area (Å²) in [6.45, 7) is 4.82. The maximum absolute atomic E-state index is 2.49. The number of allylic oxidation sites excluding steroid dienone is 3. The minimum atomic E-state index is -0.139. The lowest BCUT2D eigenvalue weighted by Gasteiger charge is -2.25. The number of rotatable bonds is 4. The molecule has 10 aromatic rings. The average Bonchev–Trinajstić information content (AvgIpc) is 3.52. The first kappa shape index (κ1) is 33.0. The summed E-state index contributed by atoms with van der Waals surface area (Å²) in [5.41, 5.74) is 21.3. The predicted molar refractivity (Wildman–Crippen MR) is 252 cm³/mol. The zero-order chi connectivity index (χ0) is 39.0. The van der Waals surface area contributed by atoms with Crippen molar-refractivity contribution in [2.24, 2.45) is 0 Å². The van der Waals surface area contributed by atoms with Crippen LogP contribution in [-0.4, -0.2) is 0 Å². The van der Waals surface area contributed by atoms with E-state index in [9.17, 15) is 0 Å². The highest BCUT2D eigenvalue weighted by molar-refractivity contribution is 6.27. The molecule has 0 unspecified atom stereocenters. The van der Waals surface area contributed by atoms with Crippen molar-refractivity contribution in [3.05, 3.63) is 204 Å². The molecule has 3 aliphatic rings. The SMILES string of the molecule is CC1(C)c2cc(-c3cccc(-c4ccc5ccc6c(-c7ccccc7)ccc7ccc4c5c76)c3)ccc2-c2ccc(-c3ccc4c5c6c(ccc35)C=CCC6=CC4)cc21. The molecule has 0 saturated heterocycles. The van der Waals surface area contributed by atoms with Gasteiger partial charge in [-0.05, 0) is 163 Å². The molecule has 276 valence electrons. The summed E-state index contributed by atoms with van der Waals surface area (Å²) < 4.78 is 0. The van der Waals surface area contributed by atoms with Gasteiger partial charge in [-0.2, -0.15) is 0 Å².